The van der Waals surface area contributed by atoms with Gasteiger partial charge in [-0.3, -0.25) is 0 Å². The zero-order valence-electron chi connectivity index (χ0n) is 4.74. The molecule has 1 nitrogen and oxygen atoms in total. The highest BCUT2D eigenvalue weighted by molar-refractivity contribution is 8.63. The molecule has 0 amide bonds. The fraction of sp³-hybridized carbons (Fsp3) is 0.600. The summed E-state index contributed by atoms with van der Waals surface area (Å²) in [6.07, 6.45) is 5.48. The molecule has 4 heteroatoms. The molecule has 0 aromatic rings. The smallest absolute Gasteiger partial charge is 0.158 e. The van der Waals surface area contributed by atoms with Crippen molar-refractivity contribution in [3.05, 3.63) is 0 Å². The van der Waals surface area contributed by atoms with Gasteiger partial charge in [0.2, 0.25) is 11.8 Å². The Morgan fingerprint density at radius 2 is 2.67 bits per heavy atom. The summed E-state index contributed by atoms with van der Waals surface area (Å²) in [5.41, 5.74) is 0. The summed E-state index contributed by atoms with van der Waals surface area (Å²) in [5.74, 6) is 2.67. The Morgan fingerprint density at radius 3 is 3.11 bits per heavy atom. The molecule has 48 valence electrons. The van der Waals surface area contributed by atoms with E-state index < -0.39 is 6.13 Å². The highest BCUT2D eigenvalue weighted by Crippen LogP contribution is 2.46. The Labute approximate surface area is 64.8 Å². The molecule has 0 radical (unpaired) electrons. The van der Waals surface area contributed by atoms with Crippen molar-refractivity contribution >= 4 is 29.3 Å². The molecule has 1 heterocycles. The van der Waals surface area contributed by atoms with Gasteiger partial charge in [-0.1, -0.05) is 5.92 Å². The van der Waals surface area contributed by atoms with Crippen LogP contribution in [0.5, 0.6) is 0 Å². The molecule has 1 aliphatic rings. The van der Waals surface area contributed by atoms with Crippen LogP contribution in [-0.4, -0.2) is 11.9 Å². The first-order valence-corrected chi connectivity index (χ1v) is 6.32. The molecule has 2 unspecified atom stereocenters. The summed E-state index contributed by atoms with van der Waals surface area (Å²) in [6.45, 7) is 0.747. The summed E-state index contributed by atoms with van der Waals surface area (Å²) < 4.78 is 5.16. The predicted molar refractivity (Wildman–Crippen MR) is 45.1 cm³/mol. The van der Waals surface area contributed by atoms with E-state index in [1.165, 1.54) is 0 Å². The molecule has 0 bridgehead atoms. The van der Waals surface area contributed by atoms with Crippen molar-refractivity contribution in [1.82, 2.24) is 0 Å². The molecule has 1 aliphatic heterocycles. The van der Waals surface area contributed by atoms with Crippen molar-refractivity contribution in [2.75, 3.05) is 6.61 Å². The zero-order chi connectivity index (χ0) is 6.69. The Kier molecular flexibility index (Phi) is 2.94. The lowest BCUT2D eigenvalue weighted by atomic mass is 10.3. The normalized spacial score (nSPS) is 31.4. The van der Waals surface area contributed by atoms with Crippen LogP contribution in [-0.2, 0) is 16.3 Å². The fourth-order valence-electron chi connectivity index (χ4n) is 0.535. The molecule has 0 spiro atoms. The second-order valence-corrected chi connectivity index (χ2v) is 6.41. The lowest BCUT2D eigenvalue weighted by Gasteiger charge is -2.05. The van der Waals surface area contributed by atoms with Gasteiger partial charge in [-0.25, -0.2) is 0 Å². The number of hydrogen-bond acceptors (Lipinski definition) is 3. The van der Waals surface area contributed by atoms with Gasteiger partial charge in [0.05, 0.1) is 0 Å². The molecule has 9 heavy (non-hydrogen) atoms. The first-order chi connectivity index (χ1) is 4.33. The summed E-state index contributed by atoms with van der Waals surface area (Å²) in [6, 6.07) is 0. The summed E-state index contributed by atoms with van der Waals surface area (Å²) in [5, 5.41) is 0.308. The standard InChI is InChI=1S/C5H6OPS2/c1-2-5-3-4-6-7(8)9-5/h1,5H,3-4H2/q+1. The first-order valence-electron chi connectivity index (χ1n) is 2.56. The van der Waals surface area contributed by atoms with E-state index in [1.807, 2.05) is 0 Å². The molecule has 0 aromatic heterocycles. The lowest BCUT2D eigenvalue weighted by molar-refractivity contribution is 0.359. The largest absolute Gasteiger partial charge is 0.415 e. The van der Waals surface area contributed by atoms with E-state index in [1.54, 1.807) is 11.4 Å². The second kappa shape index (κ2) is 3.53. The topological polar surface area (TPSA) is 9.23 Å². The van der Waals surface area contributed by atoms with Gasteiger partial charge in [-0.2, -0.15) is 4.52 Å². The van der Waals surface area contributed by atoms with Crippen LogP contribution in [0.3, 0.4) is 0 Å². The second-order valence-electron chi connectivity index (χ2n) is 1.61. The van der Waals surface area contributed by atoms with Gasteiger partial charge < -0.3 is 0 Å². The molecule has 2 atom stereocenters. The van der Waals surface area contributed by atoms with E-state index in [2.05, 4.69) is 5.92 Å². The van der Waals surface area contributed by atoms with Crippen LogP contribution in [0.25, 0.3) is 0 Å². The SMILES string of the molecule is C#CC1CCO[P+](=S)S1. The Balaban J connectivity index is 2.43. The number of terminal acetylenes is 1. The van der Waals surface area contributed by atoms with Gasteiger partial charge in [0.25, 0.3) is 0 Å². The van der Waals surface area contributed by atoms with Crippen molar-refractivity contribution in [1.29, 1.82) is 0 Å². The van der Waals surface area contributed by atoms with Crippen LogP contribution in [0.15, 0.2) is 0 Å². The minimum Gasteiger partial charge on any atom is -0.158 e. The number of hydrogen-bond donors (Lipinski definition) is 0. The van der Waals surface area contributed by atoms with Gasteiger partial charge in [0, 0.05) is 6.42 Å². The van der Waals surface area contributed by atoms with E-state index in [0.717, 1.165) is 13.0 Å². The molecule has 0 aromatic carbocycles. The lowest BCUT2D eigenvalue weighted by Crippen LogP contribution is -2.05. The van der Waals surface area contributed by atoms with Gasteiger partial charge in [-0.05, 0) is 0 Å². The quantitative estimate of drug-likeness (QED) is 0.413. The van der Waals surface area contributed by atoms with E-state index >= 15 is 0 Å². The highest BCUT2D eigenvalue weighted by atomic mass is 32.9. The maximum atomic E-state index is 5.20. The van der Waals surface area contributed by atoms with Gasteiger partial charge in [0.15, 0.2) is 0 Å². The number of rotatable bonds is 0. The van der Waals surface area contributed by atoms with Gasteiger partial charge in [0.1, 0.15) is 23.2 Å². The van der Waals surface area contributed by atoms with E-state index in [-0.39, 0.29) is 0 Å². The summed E-state index contributed by atoms with van der Waals surface area (Å²) in [4.78, 5) is 0. The van der Waals surface area contributed by atoms with Gasteiger partial charge in [-0.15, -0.1) is 6.42 Å². The molecule has 0 N–H and O–H groups in total. The Hall–Kier alpha value is 0.390. The van der Waals surface area contributed by atoms with E-state index in [0.29, 0.717) is 5.25 Å². The average molecular weight is 177 g/mol. The van der Waals surface area contributed by atoms with Crippen molar-refractivity contribution in [3.8, 4) is 12.3 Å². The minimum absolute atomic E-state index is 0.308. The average Bonchev–Trinajstić information content (AvgIpc) is 1.88. The fourth-order valence-corrected chi connectivity index (χ4v) is 4.01. The third kappa shape index (κ3) is 2.23. The van der Waals surface area contributed by atoms with Crippen LogP contribution in [0.2, 0.25) is 0 Å². The van der Waals surface area contributed by atoms with Crippen molar-refractivity contribution < 1.29 is 4.52 Å². The molecule has 1 saturated heterocycles. The van der Waals surface area contributed by atoms with Crippen LogP contribution in [0, 0.1) is 12.3 Å². The molecule has 1 fully saturated rings. The summed E-state index contributed by atoms with van der Waals surface area (Å²) >= 11 is 6.55. The molecule has 0 saturated carbocycles. The van der Waals surface area contributed by atoms with Crippen LogP contribution >= 0.6 is 17.5 Å². The zero-order valence-corrected chi connectivity index (χ0v) is 7.27. The van der Waals surface area contributed by atoms with Crippen LogP contribution in [0.4, 0.5) is 0 Å². The van der Waals surface area contributed by atoms with Crippen LogP contribution < -0.4 is 0 Å². The van der Waals surface area contributed by atoms with E-state index in [9.17, 15) is 0 Å². The maximum Gasteiger partial charge on any atom is 0.415 e. The highest BCUT2D eigenvalue weighted by Gasteiger charge is 2.27. The maximum absolute atomic E-state index is 5.20. The van der Waals surface area contributed by atoms with Crippen molar-refractivity contribution in [3.63, 3.8) is 0 Å². The van der Waals surface area contributed by atoms with Crippen molar-refractivity contribution in [2.45, 2.75) is 11.7 Å². The Bertz CT molecular complexity index is 163. The monoisotopic (exact) mass is 177 g/mol. The first kappa shape index (κ1) is 7.50. The molecule has 0 aliphatic carbocycles. The third-order valence-corrected chi connectivity index (χ3v) is 4.85. The molecular weight excluding hydrogens is 171 g/mol. The van der Waals surface area contributed by atoms with Gasteiger partial charge >= 0.3 is 6.13 Å². The third-order valence-electron chi connectivity index (χ3n) is 0.976. The molecular formula is C5H6OPS2+. The van der Waals surface area contributed by atoms with Crippen molar-refractivity contribution in [2.24, 2.45) is 0 Å². The minimum atomic E-state index is -0.679. The summed E-state index contributed by atoms with van der Waals surface area (Å²) in [7, 11) is 0. The molecule has 1 rings (SSSR count). The van der Waals surface area contributed by atoms with E-state index in [4.69, 9.17) is 22.8 Å². The Morgan fingerprint density at radius 1 is 1.89 bits per heavy atom. The van der Waals surface area contributed by atoms with Crippen LogP contribution in [0.1, 0.15) is 6.42 Å². The predicted octanol–water partition coefficient (Wildman–Crippen LogP) is 1.92.